The highest BCUT2D eigenvalue weighted by molar-refractivity contribution is 5.97. The zero-order valence-electron chi connectivity index (χ0n) is 18.4. The lowest BCUT2D eigenvalue weighted by atomic mass is 10.1. The summed E-state index contributed by atoms with van der Waals surface area (Å²) in [4.78, 5) is 38.7. The standard InChI is InChI=1S/C24H26N6O3/c1-17(31)26-20-10-5-9-19(13-20)24(33)30-12-6-11-21(30)15-29-16-22(27-28-29)23(32)25-14-18-7-3-2-4-8-18/h2-5,7-10,13,16,21H,6,11-12,14-15H2,1H3,(H,25,32)(H,26,31). The van der Waals surface area contributed by atoms with E-state index in [1.165, 1.54) is 6.92 Å². The predicted octanol–water partition coefficient (Wildman–Crippen LogP) is 2.47. The van der Waals surface area contributed by atoms with Crippen LogP contribution in [0, 0.1) is 0 Å². The van der Waals surface area contributed by atoms with Gasteiger partial charge < -0.3 is 15.5 Å². The normalized spacial score (nSPS) is 15.3. The molecule has 3 aromatic rings. The van der Waals surface area contributed by atoms with Crippen LogP contribution in [0.15, 0.2) is 60.8 Å². The summed E-state index contributed by atoms with van der Waals surface area (Å²) >= 11 is 0. The Morgan fingerprint density at radius 3 is 2.70 bits per heavy atom. The molecule has 2 heterocycles. The van der Waals surface area contributed by atoms with Gasteiger partial charge >= 0.3 is 0 Å². The highest BCUT2D eigenvalue weighted by atomic mass is 16.2. The summed E-state index contributed by atoms with van der Waals surface area (Å²) in [7, 11) is 0. The number of nitrogens with one attached hydrogen (secondary N) is 2. The molecule has 1 aliphatic rings. The van der Waals surface area contributed by atoms with Crippen molar-refractivity contribution < 1.29 is 14.4 Å². The highest BCUT2D eigenvalue weighted by Crippen LogP contribution is 2.22. The Balaban J connectivity index is 1.38. The van der Waals surface area contributed by atoms with E-state index in [1.54, 1.807) is 35.1 Å². The van der Waals surface area contributed by atoms with E-state index >= 15 is 0 Å². The molecule has 1 saturated heterocycles. The molecular weight excluding hydrogens is 420 g/mol. The molecule has 1 aromatic heterocycles. The Kier molecular flexibility index (Phi) is 6.77. The molecule has 2 N–H and O–H groups in total. The summed E-state index contributed by atoms with van der Waals surface area (Å²) in [5, 5.41) is 13.6. The van der Waals surface area contributed by atoms with Crippen LogP contribution < -0.4 is 10.6 Å². The van der Waals surface area contributed by atoms with Crippen molar-refractivity contribution in [2.45, 2.75) is 38.9 Å². The monoisotopic (exact) mass is 446 g/mol. The van der Waals surface area contributed by atoms with Crippen LogP contribution >= 0.6 is 0 Å². The smallest absolute Gasteiger partial charge is 0.273 e. The van der Waals surface area contributed by atoms with Crippen molar-refractivity contribution in [1.29, 1.82) is 0 Å². The first-order valence-electron chi connectivity index (χ1n) is 10.9. The van der Waals surface area contributed by atoms with Crippen molar-refractivity contribution in [3.05, 3.63) is 77.6 Å². The molecule has 33 heavy (non-hydrogen) atoms. The zero-order chi connectivity index (χ0) is 23.2. The molecule has 1 fully saturated rings. The van der Waals surface area contributed by atoms with Gasteiger partial charge in [0.15, 0.2) is 5.69 Å². The van der Waals surface area contributed by atoms with E-state index in [0.717, 1.165) is 18.4 Å². The summed E-state index contributed by atoms with van der Waals surface area (Å²) in [5.74, 6) is -0.571. The van der Waals surface area contributed by atoms with Gasteiger partial charge in [-0.15, -0.1) is 5.10 Å². The summed E-state index contributed by atoms with van der Waals surface area (Å²) in [6.45, 7) is 2.94. The van der Waals surface area contributed by atoms with Gasteiger partial charge in [-0.2, -0.15) is 0 Å². The predicted molar refractivity (Wildman–Crippen MR) is 122 cm³/mol. The molecular formula is C24H26N6O3. The molecule has 9 heteroatoms. The number of benzene rings is 2. The first kappa shape index (κ1) is 22.2. The van der Waals surface area contributed by atoms with Crippen molar-refractivity contribution in [2.24, 2.45) is 0 Å². The van der Waals surface area contributed by atoms with Crippen LogP contribution in [-0.4, -0.2) is 50.2 Å². The minimum atomic E-state index is -0.292. The van der Waals surface area contributed by atoms with Gasteiger partial charge in [0, 0.05) is 31.3 Å². The molecule has 2 aromatic carbocycles. The first-order chi connectivity index (χ1) is 16.0. The molecule has 0 radical (unpaired) electrons. The third-order valence-electron chi connectivity index (χ3n) is 5.53. The van der Waals surface area contributed by atoms with E-state index in [4.69, 9.17) is 0 Å². The number of aromatic nitrogens is 3. The van der Waals surface area contributed by atoms with Gasteiger partial charge in [-0.3, -0.25) is 14.4 Å². The van der Waals surface area contributed by atoms with E-state index in [2.05, 4.69) is 20.9 Å². The summed E-state index contributed by atoms with van der Waals surface area (Å²) in [5.41, 5.74) is 2.35. The molecule has 9 nitrogen and oxygen atoms in total. The second-order valence-corrected chi connectivity index (χ2v) is 8.05. The molecule has 170 valence electrons. The van der Waals surface area contributed by atoms with Crippen LogP contribution in [0.2, 0.25) is 0 Å². The maximum absolute atomic E-state index is 13.1. The average Bonchev–Trinajstić information content (AvgIpc) is 3.47. The van der Waals surface area contributed by atoms with Crippen LogP contribution in [0.3, 0.4) is 0 Å². The lowest BCUT2D eigenvalue weighted by Crippen LogP contribution is -2.38. The Bertz CT molecular complexity index is 1140. The van der Waals surface area contributed by atoms with E-state index < -0.39 is 0 Å². The van der Waals surface area contributed by atoms with E-state index in [0.29, 0.717) is 30.9 Å². The number of hydrogen-bond acceptors (Lipinski definition) is 5. The maximum Gasteiger partial charge on any atom is 0.273 e. The Labute approximate surface area is 191 Å². The topological polar surface area (TPSA) is 109 Å². The van der Waals surface area contributed by atoms with Crippen molar-refractivity contribution in [3.63, 3.8) is 0 Å². The number of rotatable bonds is 7. The highest BCUT2D eigenvalue weighted by Gasteiger charge is 2.30. The molecule has 1 unspecified atom stereocenters. The van der Waals surface area contributed by atoms with Gasteiger partial charge in [-0.05, 0) is 36.6 Å². The lowest BCUT2D eigenvalue weighted by Gasteiger charge is -2.24. The molecule has 0 spiro atoms. The van der Waals surface area contributed by atoms with E-state index in [1.807, 2.05) is 35.2 Å². The maximum atomic E-state index is 13.1. The van der Waals surface area contributed by atoms with Crippen LogP contribution in [-0.2, 0) is 17.9 Å². The van der Waals surface area contributed by atoms with Crippen molar-refractivity contribution >= 4 is 23.4 Å². The Morgan fingerprint density at radius 1 is 1.09 bits per heavy atom. The SMILES string of the molecule is CC(=O)Nc1cccc(C(=O)N2CCCC2Cn2cc(C(=O)NCc3ccccc3)nn2)c1. The number of carbonyl (C=O) groups excluding carboxylic acids is 3. The minimum Gasteiger partial charge on any atom is -0.347 e. The fourth-order valence-corrected chi connectivity index (χ4v) is 3.97. The van der Waals surface area contributed by atoms with Gasteiger partial charge in [0.2, 0.25) is 5.91 Å². The molecule has 1 atom stereocenters. The fraction of sp³-hybridized carbons (Fsp3) is 0.292. The van der Waals surface area contributed by atoms with Crippen LogP contribution in [0.1, 0.15) is 46.2 Å². The lowest BCUT2D eigenvalue weighted by molar-refractivity contribution is -0.114. The van der Waals surface area contributed by atoms with Crippen LogP contribution in [0.25, 0.3) is 0 Å². The molecule has 0 bridgehead atoms. The molecule has 4 rings (SSSR count). The molecule has 0 aliphatic carbocycles. The number of anilines is 1. The summed E-state index contributed by atoms with van der Waals surface area (Å²) in [6, 6.07) is 16.5. The van der Waals surface area contributed by atoms with E-state index in [-0.39, 0.29) is 29.5 Å². The molecule has 0 saturated carbocycles. The largest absolute Gasteiger partial charge is 0.347 e. The van der Waals surface area contributed by atoms with Gasteiger partial charge in [-0.25, -0.2) is 4.68 Å². The number of amides is 3. The van der Waals surface area contributed by atoms with Gasteiger partial charge in [0.25, 0.3) is 11.8 Å². The number of hydrogen-bond donors (Lipinski definition) is 2. The molecule has 1 aliphatic heterocycles. The Hall–Kier alpha value is -4.01. The molecule has 3 amide bonds. The third-order valence-corrected chi connectivity index (χ3v) is 5.53. The summed E-state index contributed by atoms with van der Waals surface area (Å²) in [6.07, 6.45) is 3.34. The number of carbonyl (C=O) groups is 3. The van der Waals surface area contributed by atoms with Crippen LogP contribution in [0.5, 0.6) is 0 Å². The average molecular weight is 447 g/mol. The fourth-order valence-electron chi connectivity index (χ4n) is 3.97. The van der Waals surface area contributed by atoms with Gasteiger partial charge in [0.05, 0.1) is 18.8 Å². The first-order valence-corrected chi connectivity index (χ1v) is 10.9. The zero-order valence-corrected chi connectivity index (χ0v) is 18.4. The van der Waals surface area contributed by atoms with E-state index in [9.17, 15) is 14.4 Å². The second kappa shape index (κ2) is 10.1. The quantitative estimate of drug-likeness (QED) is 0.580. The number of likely N-dealkylation sites (tertiary alicyclic amines) is 1. The van der Waals surface area contributed by atoms with Gasteiger partial charge in [-0.1, -0.05) is 41.6 Å². The minimum absolute atomic E-state index is 0.0520. The third kappa shape index (κ3) is 5.62. The van der Waals surface area contributed by atoms with Crippen molar-refractivity contribution in [1.82, 2.24) is 25.2 Å². The second-order valence-electron chi connectivity index (χ2n) is 8.05. The van der Waals surface area contributed by atoms with Gasteiger partial charge in [0.1, 0.15) is 0 Å². The van der Waals surface area contributed by atoms with Crippen LogP contribution in [0.4, 0.5) is 5.69 Å². The van der Waals surface area contributed by atoms with Crippen molar-refractivity contribution in [3.8, 4) is 0 Å². The Morgan fingerprint density at radius 2 is 1.91 bits per heavy atom. The van der Waals surface area contributed by atoms with Crippen molar-refractivity contribution in [2.75, 3.05) is 11.9 Å². The number of nitrogens with zero attached hydrogens (tertiary/aromatic N) is 4. The summed E-state index contributed by atoms with van der Waals surface area (Å²) < 4.78 is 1.61.